The number of hydrogen-bond acceptors (Lipinski definition) is 22. The van der Waals surface area contributed by atoms with E-state index < -0.39 is 0 Å². The summed E-state index contributed by atoms with van der Waals surface area (Å²) < 4.78 is 42.2. The quantitative estimate of drug-likeness (QED) is 0.0386. The van der Waals surface area contributed by atoms with E-state index in [1.54, 1.807) is 47.6 Å². The Kier molecular flexibility index (Phi) is 47.2. The maximum absolute atomic E-state index is 9.45. The van der Waals surface area contributed by atoms with Crippen LogP contribution in [0.1, 0.15) is 78.4 Å². The fourth-order valence-corrected chi connectivity index (χ4v) is 8.49. The third-order valence-electron chi connectivity index (χ3n) is 12.6. The molecular formula is C62H82N14O12Y4-8. The van der Waals surface area contributed by atoms with E-state index in [4.69, 9.17) is 72.3 Å². The second kappa shape index (κ2) is 46.7. The van der Waals surface area contributed by atoms with Gasteiger partial charge in [-0.25, -0.2) is 0 Å². The second-order valence-corrected chi connectivity index (χ2v) is 18.1. The van der Waals surface area contributed by atoms with Crippen molar-refractivity contribution in [1.82, 2.24) is 39.9 Å². The summed E-state index contributed by atoms with van der Waals surface area (Å²) in [7, 11) is 12.3. The van der Waals surface area contributed by atoms with E-state index in [9.17, 15) is 20.4 Å². The van der Waals surface area contributed by atoms with Crippen molar-refractivity contribution in [3.63, 3.8) is 0 Å². The van der Waals surface area contributed by atoms with E-state index in [1.165, 1.54) is 47.9 Å². The van der Waals surface area contributed by atoms with Gasteiger partial charge in [-0.15, -0.1) is 0 Å². The second-order valence-electron chi connectivity index (χ2n) is 18.1. The number of anilines is 2. The van der Waals surface area contributed by atoms with Gasteiger partial charge >= 0.3 is 0 Å². The number of aliphatic hydroxyl groups excluding tert-OH is 4. The minimum atomic E-state index is -0.175. The molecule has 0 aliphatic heterocycles. The molecular weight excluding hydrogens is 1490 g/mol. The topological polar surface area (TPSA) is 405 Å². The molecule has 0 fully saturated rings. The molecule has 0 bridgehead atoms. The summed E-state index contributed by atoms with van der Waals surface area (Å²) in [5.74, 6) is 6.25. The van der Waals surface area contributed by atoms with Crippen molar-refractivity contribution in [1.29, 1.82) is 0 Å². The molecule has 0 aliphatic rings. The van der Waals surface area contributed by atoms with Crippen LogP contribution in [0.15, 0.2) is 73.3 Å². The molecule has 0 saturated carbocycles. The van der Waals surface area contributed by atoms with E-state index in [0.717, 1.165) is 33.4 Å². The molecule has 492 valence electrons. The van der Waals surface area contributed by atoms with E-state index in [2.05, 4.69) is 39.9 Å². The van der Waals surface area contributed by atoms with Crippen molar-refractivity contribution in [2.24, 2.45) is 0 Å². The summed E-state index contributed by atoms with van der Waals surface area (Å²) in [6.45, 7) is 2.86. The molecule has 8 rings (SSSR count). The van der Waals surface area contributed by atoms with Gasteiger partial charge in [0.2, 0.25) is 0 Å². The Morgan fingerprint density at radius 1 is 0.348 bits per heavy atom. The van der Waals surface area contributed by atoms with Crippen molar-refractivity contribution >= 4 is 35.2 Å². The number of aryl methyl sites for hydroxylation is 2. The number of nitrogens with one attached hydrogen (secondary N) is 4. The number of hydrogen-bond donors (Lipinski definition) is 6. The number of aliphatic hydroxyl groups is 4. The number of aromatic nitrogens is 8. The number of nitrogens with two attached hydrogens (primary N) is 2. The maximum Gasteiger partial charge on any atom is 0.166 e. The first kappa shape index (κ1) is 93.1. The summed E-state index contributed by atoms with van der Waals surface area (Å²) >= 11 is 0. The molecule has 0 saturated heterocycles. The van der Waals surface area contributed by atoms with E-state index >= 15 is 0 Å². The van der Waals surface area contributed by atoms with Gasteiger partial charge in [0.1, 0.15) is 23.0 Å². The van der Waals surface area contributed by atoms with Crippen LogP contribution in [0.3, 0.4) is 0 Å². The zero-order valence-electron chi connectivity index (χ0n) is 54.7. The first-order valence-corrected chi connectivity index (χ1v) is 25.5. The van der Waals surface area contributed by atoms with Gasteiger partial charge in [-0.3, -0.25) is 9.97 Å². The number of rotatable bonds is 20. The molecule has 4 heterocycles. The molecule has 4 aromatic heterocycles. The first-order chi connectivity index (χ1) is 40.3. The average molecular weight is 1570 g/mol. The molecule has 4 aromatic carbocycles. The van der Waals surface area contributed by atoms with Gasteiger partial charge in [0.05, 0.1) is 106 Å². The van der Waals surface area contributed by atoms with E-state index in [1.807, 2.05) is 48.5 Å². The third-order valence-corrected chi connectivity index (χ3v) is 12.6. The Hall–Kier alpha value is -5.34. The van der Waals surface area contributed by atoms with Crippen LogP contribution in [0.2, 0.25) is 0 Å². The minimum absolute atomic E-state index is 0. The normalized spacial score (nSPS) is 9.54. The molecule has 4 radical (unpaired) electrons. The Morgan fingerprint density at radius 3 is 0.848 bits per heavy atom. The van der Waals surface area contributed by atoms with Gasteiger partial charge in [-0.2, -0.15) is 0 Å². The van der Waals surface area contributed by atoms with Gasteiger partial charge in [-0.1, -0.05) is 11.6 Å². The molecule has 12 N–H and O–H groups in total. The summed E-state index contributed by atoms with van der Waals surface area (Å²) in [4.78, 5) is 31.6. The van der Waals surface area contributed by atoms with Gasteiger partial charge < -0.3 is 152 Å². The molecule has 30 heteroatoms. The summed E-state index contributed by atoms with van der Waals surface area (Å²) in [6.07, 6.45) is 8.31. The van der Waals surface area contributed by atoms with E-state index in [-0.39, 0.29) is 222 Å². The first-order valence-electron chi connectivity index (χ1n) is 25.5. The van der Waals surface area contributed by atoms with Crippen molar-refractivity contribution in [3.8, 4) is 46.0 Å². The van der Waals surface area contributed by atoms with Crippen LogP contribution < -0.4 is 49.4 Å². The summed E-state index contributed by atoms with van der Waals surface area (Å²) in [6, 6.07) is 14.6. The largest absolute Gasteiger partial charge is 0.496 e. The SMILES string of the molecule is COc1cc(Cc2cnc(C)nc2[NH-])cc(CO)c1OC.COc1cc(Cc2cnc(C)nc2[NH-])cc(OC)c1CO.COc1cc(Cc2cnc([NH-])nc2N)cc(CO)c1OC.COc1cc(Cc2cnc([NH-])nc2N)cc(OC)c1CO.[CH3-].[CH3-].[CH3-].[CH3-].[Y].[Y].[Y].[Y]. The molecule has 0 amide bonds. The van der Waals surface area contributed by atoms with Crippen LogP contribution >= 0.6 is 0 Å². The Morgan fingerprint density at radius 2 is 0.609 bits per heavy atom. The number of ether oxygens (including phenoxy) is 8. The molecule has 26 nitrogen and oxygen atoms in total. The monoisotopic (exact) mass is 1570 g/mol. The van der Waals surface area contributed by atoms with Crippen LogP contribution in [0.4, 0.5) is 35.2 Å². The zero-order chi connectivity index (χ0) is 61.6. The van der Waals surface area contributed by atoms with Crippen LogP contribution in [0.5, 0.6) is 46.0 Å². The molecule has 92 heavy (non-hydrogen) atoms. The predicted octanol–water partition coefficient (Wildman–Crippen LogP) is 10.6. The molecule has 0 unspecified atom stereocenters. The van der Waals surface area contributed by atoms with Crippen LogP contribution in [0, 0.1) is 43.6 Å². The zero-order valence-corrected chi connectivity index (χ0v) is 66.0. The number of nitrogens with zero attached hydrogens (tertiary/aromatic N) is 8. The molecule has 0 spiro atoms. The molecule has 0 aliphatic carbocycles. The van der Waals surface area contributed by atoms with Gasteiger partial charge in [0.15, 0.2) is 23.0 Å². The smallest absolute Gasteiger partial charge is 0.166 e. The van der Waals surface area contributed by atoms with Crippen LogP contribution in [0.25, 0.3) is 22.9 Å². The number of nitrogen functional groups attached to an aromatic ring is 2. The van der Waals surface area contributed by atoms with Crippen molar-refractivity contribution < 1.29 is 189 Å². The predicted molar refractivity (Wildman–Crippen MR) is 341 cm³/mol. The van der Waals surface area contributed by atoms with E-state index in [0.29, 0.717) is 117 Å². The standard InChI is InChI=1S/2C15H18N3O3.2C14H17N4O3.4CH3.4Y/c1-9-17-7-11(15(16)18-9)4-10-5-13(20-2)12(8-19)14(6-10)21-3;1-9-17-7-11(15(16)18-9)4-10-5-12(8-19)14(21-3)13(6-10)20-2;1-20-11-4-8(5-12(21-2)10(11)7-19)3-9-6-17-14(16)18-13(9)15;1-20-11-5-8(4-10(7-19)12(11)21-2)3-9-6-17-14(16)18-13(9)15;;;;;;;;/h2*5-7,19H,4,8H2,1-3H3,(H-,16,17,18);2*4-6,19H,3,7H2,1-2H3,(H3-,15,16,17,18);4*1H3;;;;/q8*-1;;;;. The molecule has 0 atom stereocenters. The summed E-state index contributed by atoms with van der Waals surface area (Å²) in [5, 5.41) is 37.7. The Bertz CT molecular complexity index is 2960. The third kappa shape index (κ3) is 26.1. The minimum Gasteiger partial charge on any atom is -0.496 e. The van der Waals surface area contributed by atoms with Crippen molar-refractivity contribution in [3.05, 3.63) is 204 Å². The Labute approximate surface area is 641 Å². The summed E-state index contributed by atoms with van der Waals surface area (Å²) in [5.41, 5.74) is 50.9. The van der Waals surface area contributed by atoms with Crippen molar-refractivity contribution in [2.45, 2.75) is 66.0 Å². The van der Waals surface area contributed by atoms with Gasteiger partial charge in [-0.05, 0) is 132 Å². The van der Waals surface area contributed by atoms with Crippen LogP contribution in [-0.4, -0.2) is 117 Å². The number of benzene rings is 4. The fraction of sp³-hybridized carbons (Fsp3) is 0.290. The average Bonchev–Trinajstić information content (AvgIpc) is 1.52. The van der Waals surface area contributed by atoms with Crippen molar-refractivity contribution in [2.75, 3.05) is 68.3 Å². The maximum atomic E-state index is 9.45. The fourth-order valence-electron chi connectivity index (χ4n) is 8.49. The number of methoxy groups -OCH3 is 8. The van der Waals surface area contributed by atoms with Gasteiger partial charge in [0, 0.05) is 191 Å². The van der Waals surface area contributed by atoms with Gasteiger partial charge in [0.25, 0.3) is 0 Å². The Balaban J connectivity index is -0.000000545. The van der Waals surface area contributed by atoms with Crippen LogP contribution in [-0.2, 0) is 183 Å². The molecule has 8 aromatic rings.